The van der Waals surface area contributed by atoms with Gasteiger partial charge in [-0.3, -0.25) is 14.9 Å². The van der Waals surface area contributed by atoms with Crippen molar-refractivity contribution in [2.24, 2.45) is 0 Å². The molecule has 0 aromatic heterocycles. The second-order valence-electron chi connectivity index (χ2n) is 6.11. The van der Waals surface area contributed by atoms with E-state index in [1.807, 2.05) is 32.0 Å². The molecule has 0 radical (unpaired) electrons. The number of aryl methyl sites for hydroxylation is 3. The highest BCUT2D eigenvalue weighted by Gasteiger charge is 2.21. The summed E-state index contributed by atoms with van der Waals surface area (Å²) in [5, 5.41) is 13.7. The molecule has 0 aliphatic carbocycles. The number of esters is 1. The number of amides is 1. The Hall–Kier alpha value is -3.22. The molecule has 0 saturated heterocycles. The molecule has 1 amide bonds. The maximum absolute atomic E-state index is 12.3. The molecule has 7 nitrogen and oxygen atoms in total. The van der Waals surface area contributed by atoms with E-state index in [0.29, 0.717) is 11.3 Å². The molecule has 1 N–H and O–H groups in total. The number of hydrogen-bond acceptors (Lipinski definition) is 5. The average molecular weight is 356 g/mol. The van der Waals surface area contributed by atoms with Gasteiger partial charge in [0.25, 0.3) is 11.6 Å². The van der Waals surface area contributed by atoms with Gasteiger partial charge in [-0.25, -0.2) is 4.79 Å². The van der Waals surface area contributed by atoms with E-state index in [-0.39, 0.29) is 11.3 Å². The lowest BCUT2D eigenvalue weighted by Gasteiger charge is -2.15. The summed E-state index contributed by atoms with van der Waals surface area (Å²) >= 11 is 0. The second kappa shape index (κ2) is 7.77. The van der Waals surface area contributed by atoms with Crippen molar-refractivity contribution in [1.29, 1.82) is 0 Å². The molecule has 2 aromatic rings. The van der Waals surface area contributed by atoms with Crippen LogP contribution in [0.5, 0.6) is 0 Å². The van der Waals surface area contributed by atoms with Crippen LogP contribution in [0.1, 0.15) is 34.0 Å². The number of carbonyl (C=O) groups excluding carboxylic acids is 2. The van der Waals surface area contributed by atoms with Crippen molar-refractivity contribution in [3.05, 3.63) is 68.8 Å². The van der Waals surface area contributed by atoms with Crippen molar-refractivity contribution in [2.45, 2.75) is 33.8 Å². The number of benzene rings is 2. The summed E-state index contributed by atoms with van der Waals surface area (Å²) in [4.78, 5) is 34.9. The minimum Gasteiger partial charge on any atom is -0.449 e. The molecule has 0 bridgehead atoms. The van der Waals surface area contributed by atoms with Crippen LogP contribution in [-0.4, -0.2) is 22.9 Å². The third-order valence-electron chi connectivity index (χ3n) is 3.95. The minimum atomic E-state index is -1.05. The third kappa shape index (κ3) is 4.44. The molecule has 0 aliphatic rings. The van der Waals surface area contributed by atoms with Gasteiger partial charge in [0.2, 0.25) is 0 Å². The first-order valence-corrected chi connectivity index (χ1v) is 8.03. The van der Waals surface area contributed by atoms with Crippen LogP contribution in [0.3, 0.4) is 0 Å². The van der Waals surface area contributed by atoms with Crippen molar-refractivity contribution in [2.75, 3.05) is 5.32 Å². The molecule has 136 valence electrons. The largest absolute Gasteiger partial charge is 0.449 e. The van der Waals surface area contributed by atoms with Gasteiger partial charge in [-0.1, -0.05) is 18.2 Å². The highest BCUT2D eigenvalue weighted by atomic mass is 16.6. The quantitative estimate of drug-likeness (QED) is 0.500. The van der Waals surface area contributed by atoms with E-state index in [9.17, 15) is 19.7 Å². The minimum absolute atomic E-state index is 0.0219. The average Bonchev–Trinajstić information content (AvgIpc) is 2.58. The van der Waals surface area contributed by atoms with E-state index in [1.165, 1.54) is 19.1 Å². The van der Waals surface area contributed by atoms with Crippen molar-refractivity contribution in [1.82, 2.24) is 0 Å². The SMILES string of the molecule is Cc1ccc(C)c(NC(=O)[C@H](C)OC(=O)c2ccc(C)c([N+](=O)[O-])c2)c1. The molecular formula is C19H20N2O5. The lowest BCUT2D eigenvalue weighted by molar-refractivity contribution is -0.385. The van der Waals surface area contributed by atoms with Gasteiger partial charge < -0.3 is 10.1 Å². The monoisotopic (exact) mass is 356 g/mol. The van der Waals surface area contributed by atoms with Gasteiger partial charge in [0.05, 0.1) is 10.5 Å². The Morgan fingerprint density at radius 3 is 2.38 bits per heavy atom. The number of rotatable bonds is 5. The predicted molar refractivity (Wildman–Crippen MR) is 97.3 cm³/mol. The van der Waals surface area contributed by atoms with Crippen LogP contribution in [-0.2, 0) is 9.53 Å². The fraction of sp³-hybridized carbons (Fsp3) is 0.263. The molecule has 7 heteroatoms. The van der Waals surface area contributed by atoms with Gasteiger partial charge in [0.15, 0.2) is 6.10 Å². The molecule has 0 aliphatic heterocycles. The Kier molecular flexibility index (Phi) is 5.71. The lowest BCUT2D eigenvalue weighted by atomic mass is 10.1. The van der Waals surface area contributed by atoms with E-state index in [1.54, 1.807) is 6.92 Å². The van der Waals surface area contributed by atoms with Gasteiger partial charge in [0, 0.05) is 17.3 Å². The molecule has 0 unspecified atom stereocenters. The summed E-state index contributed by atoms with van der Waals surface area (Å²) < 4.78 is 5.14. The van der Waals surface area contributed by atoms with Gasteiger partial charge in [-0.05, 0) is 51.0 Å². The summed E-state index contributed by atoms with van der Waals surface area (Å²) in [5.74, 6) is -1.27. The Bertz CT molecular complexity index is 876. The number of nitro groups is 1. The molecule has 0 heterocycles. The molecular weight excluding hydrogens is 336 g/mol. The summed E-state index contributed by atoms with van der Waals surface area (Å²) in [7, 11) is 0. The number of nitrogens with one attached hydrogen (secondary N) is 1. The number of nitro benzene ring substituents is 1. The normalized spacial score (nSPS) is 11.5. The number of nitrogens with zero attached hydrogens (tertiary/aromatic N) is 1. The zero-order valence-corrected chi connectivity index (χ0v) is 15.0. The van der Waals surface area contributed by atoms with E-state index in [0.717, 1.165) is 17.2 Å². The molecule has 2 rings (SSSR count). The van der Waals surface area contributed by atoms with Gasteiger partial charge >= 0.3 is 5.97 Å². The van der Waals surface area contributed by atoms with E-state index >= 15 is 0 Å². The Labute approximate surface area is 151 Å². The molecule has 2 aromatic carbocycles. The second-order valence-corrected chi connectivity index (χ2v) is 6.11. The third-order valence-corrected chi connectivity index (χ3v) is 3.95. The van der Waals surface area contributed by atoms with Crippen molar-refractivity contribution >= 4 is 23.3 Å². The van der Waals surface area contributed by atoms with Crippen LogP contribution in [0.15, 0.2) is 36.4 Å². The first kappa shape index (κ1) is 19.1. The van der Waals surface area contributed by atoms with Crippen LogP contribution < -0.4 is 5.32 Å². The lowest BCUT2D eigenvalue weighted by Crippen LogP contribution is -2.30. The van der Waals surface area contributed by atoms with Crippen molar-refractivity contribution < 1.29 is 19.2 Å². The predicted octanol–water partition coefficient (Wildman–Crippen LogP) is 3.70. The van der Waals surface area contributed by atoms with Crippen molar-refractivity contribution in [3.63, 3.8) is 0 Å². The van der Waals surface area contributed by atoms with Crippen molar-refractivity contribution in [3.8, 4) is 0 Å². The maximum Gasteiger partial charge on any atom is 0.339 e. The molecule has 0 fully saturated rings. The Morgan fingerprint density at radius 2 is 1.73 bits per heavy atom. The van der Waals surface area contributed by atoms with E-state index < -0.39 is 22.9 Å². The fourth-order valence-electron chi connectivity index (χ4n) is 2.32. The topological polar surface area (TPSA) is 98.5 Å². The molecule has 26 heavy (non-hydrogen) atoms. The molecule has 1 atom stereocenters. The number of ether oxygens (including phenoxy) is 1. The summed E-state index contributed by atoms with van der Waals surface area (Å²) in [6, 6.07) is 9.68. The molecule has 0 saturated carbocycles. The van der Waals surface area contributed by atoms with E-state index in [4.69, 9.17) is 4.74 Å². The van der Waals surface area contributed by atoms with Gasteiger partial charge in [0.1, 0.15) is 0 Å². The van der Waals surface area contributed by atoms with Crippen LogP contribution >= 0.6 is 0 Å². The number of carbonyl (C=O) groups is 2. The first-order chi connectivity index (χ1) is 12.2. The fourth-order valence-corrected chi connectivity index (χ4v) is 2.32. The highest BCUT2D eigenvalue weighted by molar-refractivity contribution is 5.98. The summed E-state index contributed by atoms with van der Waals surface area (Å²) in [6.07, 6.45) is -1.05. The van der Waals surface area contributed by atoms with Crippen LogP contribution in [0.2, 0.25) is 0 Å². The highest BCUT2D eigenvalue weighted by Crippen LogP contribution is 2.21. The number of anilines is 1. The van der Waals surface area contributed by atoms with Crippen LogP contribution in [0.4, 0.5) is 11.4 Å². The molecule has 0 spiro atoms. The first-order valence-electron chi connectivity index (χ1n) is 8.03. The zero-order chi connectivity index (χ0) is 19.4. The Morgan fingerprint density at radius 1 is 1.08 bits per heavy atom. The standard InChI is InChI=1S/C19H20N2O5/c1-11-5-6-12(2)16(9-11)20-18(22)14(4)26-19(23)15-8-7-13(3)17(10-15)21(24)25/h5-10,14H,1-4H3,(H,20,22)/t14-/m0/s1. The van der Waals surface area contributed by atoms with Gasteiger partial charge in [-0.15, -0.1) is 0 Å². The Balaban J connectivity index is 2.09. The number of hydrogen-bond donors (Lipinski definition) is 1. The van der Waals surface area contributed by atoms with Gasteiger partial charge in [-0.2, -0.15) is 0 Å². The van der Waals surface area contributed by atoms with E-state index in [2.05, 4.69) is 5.32 Å². The van der Waals surface area contributed by atoms with Crippen LogP contribution in [0.25, 0.3) is 0 Å². The summed E-state index contributed by atoms with van der Waals surface area (Å²) in [5.41, 5.74) is 2.80. The smallest absolute Gasteiger partial charge is 0.339 e. The zero-order valence-electron chi connectivity index (χ0n) is 15.0. The van der Waals surface area contributed by atoms with Crippen LogP contribution in [0, 0.1) is 30.9 Å². The maximum atomic E-state index is 12.3. The summed E-state index contributed by atoms with van der Waals surface area (Å²) in [6.45, 7) is 6.79.